The molecule has 2 aliphatic rings. The van der Waals surface area contributed by atoms with E-state index in [-0.39, 0.29) is 6.61 Å². The van der Waals surface area contributed by atoms with Crippen LogP contribution in [0.1, 0.15) is 0 Å². The van der Waals surface area contributed by atoms with Crippen LogP contribution in [0.4, 0.5) is 0 Å². The summed E-state index contributed by atoms with van der Waals surface area (Å²) in [6.07, 6.45) is -3.45. The van der Waals surface area contributed by atoms with Gasteiger partial charge in [-0.05, 0) is 0 Å². The van der Waals surface area contributed by atoms with Crippen molar-refractivity contribution in [2.24, 2.45) is 5.34 Å². The molecule has 0 unspecified atom stereocenters. The van der Waals surface area contributed by atoms with Gasteiger partial charge >= 0.3 is 5.97 Å². The summed E-state index contributed by atoms with van der Waals surface area (Å²) in [5.41, 5.74) is 0. The fraction of sp³-hybridized carbons (Fsp3) is 0.833. The predicted molar refractivity (Wildman–Crippen MR) is 36.3 cm³/mol. The summed E-state index contributed by atoms with van der Waals surface area (Å²) in [4.78, 5) is 25.0. The second kappa shape index (κ2) is 2.93. The van der Waals surface area contributed by atoms with Crippen LogP contribution in [-0.4, -0.2) is 42.1 Å². The number of carbonyl (C=O) groups excluding carboxylic acids is 1. The normalized spacial score (nSPS) is 42.7. The molecule has 0 amide bonds. The van der Waals surface area contributed by atoms with Crippen LogP contribution in [0.2, 0.25) is 0 Å². The second-order valence-electron chi connectivity index (χ2n) is 2.87. The van der Waals surface area contributed by atoms with E-state index in [0.717, 1.165) is 0 Å². The Hall–Kier alpha value is -1.21. The van der Waals surface area contributed by atoms with Gasteiger partial charge in [-0.3, -0.25) is 0 Å². The van der Waals surface area contributed by atoms with Gasteiger partial charge in [-0.15, -0.1) is 4.91 Å². The quantitative estimate of drug-likeness (QED) is 0.331. The molecule has 0 bridgehead atoms. The number of aliphatic hydroxyl groups excluding tert-OH is 1. The Labute approximate surface area is 72.5 Å². The van der Waals surface area contributed by atoms with Gasteiger partial charge in [0.05, 0.1) is 6.61 Å². The summed E-state index contributed by atoms with van der Waals surface area (Å²) in [7, 11) is 0. The molecule has 0 aliphatic carbocycles. The van der Waals surface area contributed by atoms with Crippen molar-refractivity contribution in [3.8, 4) is 0 Å². The summed E-state index contributed by atoms with van der Waals surface area (Å²) < 4.78 is 9.73. The van der Waals surface area contributed by atoms with Crippen molar-refractivity contribution in [3.63, 3.8) is 0 Å². The fourth-order valence-corrected chi connectivity index (χ4v) is 1.51. The molecule has 2 rings (SSSR count). The number of carbonyl (C=O) groups is 1. The third kappa shape index (κ3) is 1.16. The molecule has 2 aliphatic heterocycles. The van der Waals surface area contributed by atoms with Crippen LogP contribution in [0.3, 0.4) is 0 Å². The first-order chi connectivity index (χ1) is 6.24. The van der Waals surface area contributed by atoms with Gasteiger partial charge in [0.25, 0.3) is 6.10 Å². The van der Waals surface area contributed by atoms with Crippen LogP contribution in [0.5, 0.6) is 0 Å². The number of nitrogens with zero attached hydrogens (tertiary/aromatic N) is 1. The average Bonchev–Trinajstić information content (AvgIpc) is 2.58. The molecular weight excluding hydrogens is 182 g/mol. The third-order valence-electron chi connectivity index (χ3n) is 2.10. The largest absolute Gasteiger partial charge is 0.454 e. The molecular formula is C6H7NO6. The first-order valence-corrected chi connectivity index (χ1v) is 3.72. The predicted octanol–water partition coefficient (Wildman–Crippen LogP) is -1.26. The van der Waals surface area contributed by atoms with Crippen molar-refractivity contribution < 1.29 is 24.2 Å². The molecule has 2 heterocycles. The Kier molecular flexibility index (Phi) is 1.89. The molecule has 13 heavy (non-hydrogen) atoms. The number of rotatable bonds is 2. The molecule has 0 aromatic rings. The minimum atomic E-state index is -1.14. The van der Waals surface area contributed by atoms with Gasteiger partial charge in [0, 0.05) is 0 Å². The van der Waals surface area contributed by atoms with Crippen molar-refractivity contribution in [1.29, 1.82) is 0 Å². The maximum atomic E-state index is 11.0. The summed E-state index contributed by atoms with van der Waals surface area (Å²) in [6, 6.07) is 0. The van der Waals surface area contributed by atoms with Gasteiger partial charge < -0.3 is 19.4 Å². The SMILES string of the molecule is O=NO[C@H]1C(=O)O[C@H]2[C@@H]1OC[C@H]2O. The molecule has 0 saturated carbocycles. The van der Waals surface area contributed by atoms with E-state index in [9.17, 15) is 14.8 Å². The van der Waals surface area contributed by atoms with E-state index in [1.54, 1.807) is 0 Å². The summed E-state index contributed by atoms with van der Waals surface area (Å²) in [6.45, 7) is 0.0708. The highest BCUT2D eigenvalue weighted by Gasteiger charge is 2.55. The highest BCUT2D eigenvalue weighted by Crippen LogP contribution is 2.29. The minimum Gasteiger partial charge on any atom is -0.454 e. The van der Waals surface area contributed by atoms with E-state index in [1.165, 1.54) is 0 Å². The topological polar surface area (TPSA) is 94.4 Å². The van der Waals surface area contributed by atoms with Gasteiger partial charge in [-0.25, -0.2) is 4.79 Å². The first kappa shape index (κ1) is 8.39. The molecule has 7 nitrogen and oxygen atoms in total. The van der Waals surface area contributed by atoms with Crippen molar-refractivity contribution in [1.82, 2.24) is 0 Å². The van der Waals surface area contributed by atoms with E-state index in [0.29, 0.717) is 0 Å². The Bertz CT molecular complexity index is 243. The van der Waals surface area contributed by atoms with Crippen LogP contribution in [0.25, 0.3) is 0 Å². The molecule has 2 saturated heterocycles. The van der Waals surface area contributed by atoms with Crippen molar-refractivity contribution in [2.75, 3.05) is 6.61 Å². The first-order valence-electron chi connectivity index (χ1n) is 3.72. The number of hydrogen-bond donors (Lipinski definition) is 1. The lowest BCUT2D eigenvalue weighted by Crippen LogP contribution is -2.32. The second-order valence-corrected chi connectivity index (χ2v) is 2.87. The van der Waals surface area contributed by atoms with E-state index >= 15 is 0 Å². The smallest absolute Gasteiger partial charge is 0.353 e. The fourth-order valence-electron chi connectivity index (χ4n) is 1.51. The summed E-state index contributed by atoms with van der Waals surface area (Å²) in [5, 5.41) is 11.4. The highest BCUT2D eigenvalue weighted by atomic mass is 16.8. The number of esters is 1. The third-order valence-corrected chi connectivity index (χ3v) is 2.10. The van der Waals surface area contributed by atoms with E-state index in [4.69, 9.17) is 9.47 Å². The lowest BCUT2D eigenvalue weighted by atomic mass is 10.1. The van der Waals surface area contributed by atoms with Gasteiger partial charge in [0.2, 0.25) is 0 Å². The number of ether oxygens (including phenoxy) is 2. The summed E-state index contributed by atoms with van der Waals surface area (Å²) in [5.74, 6) is -0.728. The highest BCUT2D eigenvalue weighted by molar-refractivity contribution is 5.78. The van der Waals surface area contributed by atoms with Crippen LogP contribution in [-0.2, 0) is 19.1 Å². The number of hydrogen-bond acceptors (Lipinski definition) is 7. The van der Waals surface area contributed by atoms with Crippen LogP contribution in [0.15, 0.2) is 5.34 Å². The molecule has 0 aromatic carbocycles. The zero-order valence-electron chi connectivity index (χ0n) is 6.45. The molecule has 7 heteroatoms. The van der Waals surface area contributed by atoms with Crippen LogP contribution < -0.4 is 0 Å². The van der Waals surface area contributed by atoms with Crippen LogP contribution >= 0.6 is 0 Å². The molecule has 4 atom stereocenters. The van der Waals surface area contributed by atoms with E-state index in [2.05, 4.69) is 10.2 Å². The zero-order chi connectivity index (χ0) is 9.42. The molecule has 0 radical (unpaired) electrons. The van der Waals surface area contributed by atoms with Gasteiger partial charge in [-0.2, -0.15) is 0 Å². The summed E-state index contributed by atoms with van der Waals surface area (Å²) >= 11 is 0. The molecule has 0 aromatic heterocycles. The van der Waals surface area contributed by atoms with Crippen molar-refractivity contribution in [3.05, 3.63) is 4.91 Å². The van der Waals surface area contributed by atoms with Gasteiger partial charge in [-0.1, -0.05) is 0 Å². The van der Waals surface area contributed by atoms with Gasteiger partial charge in [0.1, 0.15) is 12.2 Å². The van der Waals surface area contributed by atoms with E-state index < -0.39 is 30.4 Å². The lowest BCUT2D eigenvalue weighted by molar-refractivity contribution is -0.154. The lowest BCUT2D eigenvalue weighted by Gasteiger charge is -2.08. The molecule has 2 fully saturated rings. The van der Waals surface area contributed by atoms with Crippen molar-refractivity contribution in [2.45, 2.75) is 24.4 Å². The molecule has 1 N–H and O–H groups in total. The monoisotopic (exact) mass is 189 g/mol. The Morgan fingerprint density at radius 3 is 3.00 bits per heavy atom. The Morgan fingerprint density at radius 1 is 1.54 bits per heavy atom. The molecule has 72 valence electrons. The Balaban J connectivity index is 2.12. The average molecular weight is 189 g/mol. The molecule has 0 spiro atoms. The number of aliphatic hydroxyl groups is 1. The van der Waals surface area contributed by atoms with Crippen molar-refractivity contribution >= 4 is 5.97 Å². The van der Waals surface area contributed by atoms with E-state index in [1.807, 2.05) is 0 Å². The standard InChI is InChI=1S/C6H7NO6/c8-2-1-11-4-3(2)12-6(9)5(4)13-7-10/h2-5,8H,1H2/t2-,3-,4+,5-/m1/s1. The van der Waals surface area contributed by atoms with Crippen LogP contribution in [0, 0.1) is 4.91 Å². The maximum absolute atomic E-state index is 11.0. The number of fused-ring (bicyclic) bond motifs is 1. The minimum absolute atomic E-state index is 0.0708. The zero-order valence-corrected chi connectivity index (χ0v) is 6.45. The maximum Gasteiger partial charge on any atom is 0.353 e. The Morgan fingerprint density at radius 2 is 2.31 bits per heavy atom. The van der Waals surface area contributed by atoms with Gasteiger partial charge in [0.15, 0.2) is 11.4 Å².